The number of nitrogens with one attached hydrogen (secondary N) is 1. The summed E-state index contributed by atoms with van der Waals surface area (Å²) in [6, 6.07) is 18.4. The van der Waals surface area contributed by atoms with Gasteiger partial charge in [0.2, 0.25) is 0 Å². The van der Waals surface area contributed by atoms with Gasteiger partial charge in [-0.15, -0.1) is 63.6 Å². The quantitative estimate of drug-likeness (QED) is 0.322. The second-order valence-corrected chi connectivity index (χ2v) is 5.27. The van der Waals surface area contributed by atoms with Crippen molar-refractivity contribution in [2.75, 3.05) is 0 Å². The van der Waals surface area contributed by atoms with Gasteiger partial charge in [-0.1, -0.05) is 44.2 Å². The molecule has 1 aliphatic rings. The fraction of sp³-hybridized carbons (Fsp3) is 0.100. The average Bonchev–Trinajstić information content (AvgIpc) is 3.14. The van der Waals surface area contributed by atoms with Gasteiger partial charge >= 0.3 is 21.7 Å². The number of halogens is 2. The van der Waals surface area contributed by atoms with Crippen LogP contribution in [0.1, 0.15) is 13.8 Å². The van der Waals surface area contributed by atoms with E-state index >= 15 is 0 Å². The van der Waals surface area contributed by atoms with Gasteiger partial charge in [0.1, 0.15) is 0 Å². The third-order valence-corrected chi connectivity index (χ3v) is 3.46. The number of aromatic amines is 1. The number of rotatable bonds is 0. The summed E-state index contributed by atoms with van der Waals surface area (Å²) in [5.74, 6) is 0. The van der Waals surface area contributed by atoms with Crippen molar-refractivity contribution in [2.24, 2.45) is 0 Å². The Morgan fingerprint density at radius 2 is 1.58 bits per heavy atom. The van der Waals surface area contributed by atoms with E-state index in [2.05, 4.69) is 61.4 Å². The van der Waals surface area contributed by atoms with Crippen LogP contribution in [0.3, 0.4) is 0 Å². The molecule has 0 spiro atoms. The van der Waals surface area contributed by atoms with Gasteiger partial charge in [-0.2, -0.15) is 11.5 Å². The predicted octanol–water partition coefficient (Wildman–Crippen LogP) is -2.55. The Labute approximate surface area is 170 Å². The molecule has 1 heterocycles. The molecule has 0 fully saturated rings. The zero-order valence-electron chi connectivity index (χ0n) is 13.5. The van der Waals surface area contributed by atoms with E-state index in [4.69, 9.17) is 0 Å². The molecule has 4 rings (SSSR count). The van der Waals surface area contributed by atoms with E-state index in [1.807, 2.05) is 30.3 Å². The molecule has 0 bridgehead atoms. The topological polar surface area (TPSA) is 15.8 Å². The Hall–Kier alpha value is -1.25. The summed E-state index contributed by atoms with van der Waals surface area (Å²) in [4.78, 5) is 2.99. The van der Waals surface area contributed by atoms with Crippen molar-refractivity contribution in [2.45, 2.75) is 13.8 Å². The summed E-state index contributed by atoms with van der Waals surface area (Å²) in [6.45, 7) is 4.23. The van der Waals surface area contributed by atoms with Crippen LogP contribution in [-0.4, -0.2) is 4.98 Å². The summed E-state index contributed by atoms with van der Waals surface area (Å²) >= 11 is 0. The molecule has 0 radical (unpaired) electrons. The Bertz CT molecular complexity index is 855. The molecule has 0 aliphatic heterocycles. The molecule has 1 aliphatic carbocycles. The van der Waals surface area contributed by atoms with E-state index in [1.54, 1.807) is 0 Å². The van der Waals surface area contributed by atoms with Crippen molar-refractivity contribution >= 4 is 23.1 Å². The third kappa shape index (κ3) is 5.39. The first-order valence-electron chi connectivity index (χ1n) is 7.06. The minimum Gasteiger partial charge on any atom is -1.00 e. The molecule has 0 amide bonds. The summed E-state index contributed by atoms with van der Waals surface area (Å²) in [6.07, 6.45) is 8.46. The van der Waals surface area contributed by atoms with Crippen LogP contribution < -0.4 is 35.3 Å². The van der Waals surface area contributed by atoms with E-state index in [-0.39, 0.29) is 46.5 Å². The third-order valence-electron chi connectivity index (χ3n) is 3.46. The van der Waals surface area contributed by atoms with Crippen LogP contribution in [0.2, 0.25) is 0 Å². The zero-order chi connectivity index (χ0) is 14.7. The van der Waals surface area contributed by atoms with Gasteiger partial charge in [0, 0.05) is 0 Å². The van der Waals surface area contributed by atoms with Gasteiger partial charge < -0.3 is 29.8 Å². The molecule has 0 saturated carbocycles. The van der Waals surface area contributed by atoms with Gasteiger partial charge in [0.15, 0.2) is 0 Å². The van der Waals surface area contributed by atoms with Crippen LogP contribution in [0, 0.1) is 6.20 Å². The molecular formula is C20H17Cl2NTi. The van der Waals surface area contributed by atoms with Crippen LogP contribution >= 0.6 is 0 Å². The number of benzene rings is 2. The molecule has 1 N–H and O–H groups in total. The average molecular weight is 390 g/mol. The Morgan fingerprint density at radius 3 is 2.25 bits per heavy atom. The smallest absolute Gasteiger partial charge is 1.00 e. The Kier molecular flexibility index (Phi) is 10.0. The monoisotopic (exact) mass is 389 g/mol. The maximum Gasteiger partial charge on any atom is 4.00 e. The van der Waals surface area contributed by atoms with Crippen LogP contribution in [0.25, 0.3) is 23.1 Å². The maximum atomic E-state index is 3.36. The molecule has 0 saturated heterocycles. The summed E-state index contributed by atoms with van der Waals surface area (Å²) in [5, 5.41) is 3.72. The maximum absolute atomic E-state index is 3.36. The van der Waals surface area contributed by atoms with Gasteiger partial charge in [0.25, 0.3) is 0 Å². The first-order valence-corrected chi connectivity index (χ1v) is 7.06. The number of hydrogen-bond acceptors (Lipinski definition) is 0. The predicted molar refractivity (Wildman–Crippen MR) is 89.1 cm³/mol. The van der Waals surface area contributed by atoms with Crippen molar-refractivity contribution < 1.29 is 46.5 Å². The van der Waals surface area contributed by atoms with Crippen LogP contribution in [0.5, 0.6) is 0 Å². The van der Waals surface area contributed by atoms with E-state index in [0.717, 1.165) is 5.52 Å². The normalized spacial score (nSPS) is 10.5. The Morgan fingerprint density at radius 1 is 0.917 bits per heavy atom. The van der Waals surface area contributed by atoms with Crippen molar-refractivity contribution in [1.29, 1.82) is 0 Å². The van der Waals surface area contributed by atoms with Gasteiger partial charge in [-0.25, -0.2) is 0 Å². The number of aromatic nitrogens is 1. The van der Waals surface area contributed by atoms with Crippen molar-refractivity contribution in [3.05, 3.63) is 82.4 Å². The summed E-state index contributed by atoms with van der Waals surface area (Å²) in [7, 11) is 0. The SMILES string of the molecule is CC(C)=C1[C-]=c2ccccc2=C1.[Cl-].[Cl-].[Ti+4].[c-]1cc2ccccc2[nH]1. The number of hydrogen-bond donors (Lipinski definition) is 1. The second-order valence-electron chi connectivity index (χ2n) is 5.27. The van der Waals surface area contributed by atoms with Crippen LogP contribution in [0.15, 0.2) is 65.7 Å². The van der Waals surface area contributed by atoms with Crippen LogP contribution in [0.4, 0.5) is 0 Å². The Balaban J connectivity index is 0.000000402. The number of allylic oxidation sites excluding steroid dienone is 2. The fourth-order valence-corrected chi connectivity index (χ4v) is 2.27. The fourth-order valence-electron chi connectivity index (χ4n) is 2.27. The van der Waals surface area contributed by atoms with E-state index in [0.29, 0.717) is 0 Å². The first-order chi connectivity index (χ1) is 10.2. The van der Waals surface area contributed by atoms with E-state index in [1.165, 1.54) is 27.0 Å². The molecule has 4 heteroatoms. The van der Waals surface area contributed by atoms with Crippen molar-refractivity contribution in [1.82, 2.24) is 4.98 Å². The molecule has 0 unspecified atom stereocenters. The minimum absolute atomic E-state index is 0. The number of para-hydroxylation sites is 1. The number of fused-ring (bicyclic) bond motifs is 2. The van der Waals surface area contributed by atoms with Gasteiger partial charge in [-0.3, -0.25) is 0 Å². The zero-order valence-corrected chi connectivity index (χ0v) is 16.6. The molecule has 1 aromatic heterocycles. The van der Waals surface area contributed by atoms with Crippen molar-refractivity contribution in [3.63, 3.8) is 0 Å². The molecular weight excluding hydrogens is 373 g/mol. The van der Waals surface area contributed by atoms with Gasteiger partial charge in [-0.05, 0) is 0 Å². The first kappa shape index (κ1) is 22.8. The van der Waals surface area contributed by atoms with Gasteiger partial charge in [0.05, 0.1) is 0 Å². The molecule has 3 aromatic rings. The van der Waals surface area contributed by atoms with Crippen molar-refractivity contribution in [3.8, 4) is 0 Å². The summed E-state index contributed by atoms with van der Waals surface area (Å²) in [5.41, 5.74) is 3.71. The molecule has 2 aromatic carbocycles. The standard InChI is InChI=1S/C12H11.C8H6N.2ClH.Ti/c1-9(2)12-7-10-5-3-4-6-11(10)8-12;1-2-4-8-7(3-1)5-6-9-8;;;/h3-7H,1-2H3;1-5,9H;2*1H;/q2*-1;;;+4/p-2. The largest absolute Gasteiger partial charge is 4.00 e. The molecule has 120 valence electrons. The minimum atomic E-state index is 0. The molecule has 1 nitrogen and oxygen atoms in total. The number of H-pyrrole nitrogens is 1. The molecule has 0 atom stereocenters. The summed E-state index contributed by atoms with van der Waals surface area (Å²) < 4.78 is 0. The van der Waals surface area contributed by atoms with E-state index in [9.17, 15) is 0 Å². The van der Waals surface area contributed by atoms with E-state index < -0.39 is 0 Å². The van der Waals surface area contributed by atoms with Crippen LogP contribution in [-0.2, 0) is 21.7 Å². The second kappa shape index (κ2) is 10.6. The molecule has 24 heavy (non-hydrogen) atoms.